The van der Waals surface area contributed by atoms with E-state index >= 15 is 0 Å². The zero-order chi connectivity index (χ0) is 11.5. The van der Waals surface area contributed by atoms with E-state index in [0.29, 0.717) is 0 Å². The molecule has 0 saturated heterocycles. The van der Waals surface area contributed by atoms with Crippen LogP contribution in [-0.4, -0.2) is 26.0 Å². The minimum atomic E-state index is -4.78. The Balaban J connectivity index is 2.86. The molecule has 0 spiro atoms. The van der Waals surface area contributed by atoms with Crippen molar-refractivity contribution in [2.24, 2.45) is 0 Å². The van der Waals surface area contributed by atoms with Crippen LogP contribution >= 0.6 is 0 Å². The summed E-state index contributed by atoms with van der Waals surface area (Å²) in [7, 11) is -3.56. The van der Waals surface area contributed by atoms with E-state index in [1.807, 2.05) is 0 Å². The fourth-order valence-corrected chi connectivity index (χ4v) is 1.23. The van der Waals surface area contributed by atoms with Gasteiger partial charge in [-0.1, -0.05) is 0 Å². The summed E-state index contributed by atoms with van der Waals surface area (Å²) in [6, 6.07) is 4.93. The molecule has 0 unspecified atom stereocenters. The van der Waals surface area contributed by atoms with Gasteiger partial charge in [0.15, 0.2) is 0 Å². The van der Waals surface area contributed by atoms with Crippen molar-refractivity contribution in [3.8, 4) is 5.75 Å². The van der Waals surface area contributed by atoms with Crippen LogP contribution in [0.1, 0.15) is 10.4 Å². The zero-order valence-electron chi connectivity index (χ0n) is 7.67. The van der Waals surface area contributed by atoms with Gasteiger partial charge in [0.1, 0.15) is 5.75 Å². The second kappa shape index (κ2) is 4.28. The molecule has 1 rings (SSSR count). The van der Waals surface area contributed by atoms with Gasteiger partial charge in [-0.2, -0.15) is 0 Å². The first-order valence-corrected chi connectivity index (χ1v) is 5.09. The molecule has 0 amide bonds. The lowest BCUT2D eigenvalue weighted by atomic mass is 10.2. The van der Waals surface area contributed by atoms with Crippen molar-refractivity contribution in [3.05, 3.63) is 29.8 Å². The second-order valence-electron chi connectivity index (χ2n) is 2.51. The van der Waals surface area contributed by atoms with Gasteiger partial charge in [-0.05, 0) is 24.3 Å². The van der Waals surface area contributed by atoms with Crippen LogP contribution in [0.3, 0.4) is 0 Å². The molecule has 0 N–H and O–H groups in total. The smallest absolute Gasteiger partial charge is 0.337 e. The molecule has 15 heavy (non-hydrogen) atoms. The molecule has 0 aliphatic carbocycles. The average molecular weight is 231 g/mol. The predicted octanol–water partition coefficient (Wildman–Crippen LogP) is 0.312. The van der Waals surface area contributed by atoms with Crippen LogP contribution in [0.2, 0.25) is 0 Å². The molecule has 7 heteroatoms. The molecule has 0 fully saturated rings. The van der Waals surface area contributed by atoms with Gasteiger partial charge in [0, 0.05) is 0 Å². The molecule has 0 bridgehead atoms. The fraction of sp³-hybridized carbons (Fsp3) is 0.125. The third-order valence-electron chi connectivity index (χ3n) is 1.47. The Bertz CT molecular complexity index is 447. The summed E-state index contributed by atoms with van der Waals surface area (Å²) in [6.45, 7) is 0. The van der Waals surface area contributed by atoms with E-state index < -0.39 is 16.4 Å². The Morgan fingerprint density at radius 3 is 2.20 bits per heavy atom. The molecule has 0 heterocycles. The highest BCUT2D eigenvalue weighted by Gasteiger charge is 2.05. The molecular weight excluding hydrogens is 224 g/mol. The van der Waals surface area contributed by atoms with Crippen LogP contribution in [0.5, 0.6) is 5.75 Å². The van der Waals surface area contributed by atoms with Gasteiger partial charge in [0.25, 0.3) is 10.4 Å². The van der Waals surface area contributed by atoms with Gasteiger partial charge < -0.3 is 13.5 Å². The van der Waals surface area contributed by atoms with Crippen LogP contribution in [0.4, 0.5) is 0 Å². The van der Waals surface area contributed by atoms with E-state index in [4.69, 9.17) is 0 Å². The van der Waals surface area contributed by atoms with Crippen LogP contribution in [-0.2, 0) is 15.1 Å². The van der Waals surface area contributed by atoms with E-state index in [1.165, 1.54) is 31.4 Å². The summed E-state index contributed by atoms with van der Waals surface area (Å²) in [5.74, 6) is -0.718. The van der Waals surface area contributed by atoms with Gasteiger partial charge in [-0.15, -0.1) is 0 Å². The zero-order valence-corrected chi connectivity index (χ0v) is 8.48. The van der Waals surface area contributed by atoms with Gasteiger partial charge in [0.05, 0.1) is 12.7 Å². The van der Waals surface area contributed by atoms with Gasteiger partial charge in [-0.3, -0.25) is 0 Å². The van der Waals surface area contributed by atoms with Crippen molar-refractivity contribution in [1.82, 2.24) is 0 Å². The van der Waals surface area contributed by atoms with E-state index in [1.54, 1.807) is 0 Å². The Morgan fingerprint density at radius 1 is 1.27 bits per heavy atom. The molecular formula is C8H7O6S-. The highest BCUT2D eigenvalue weighted by Crippen LogP contribution is 2.14. The van der Waals surface area contributed by atoms with Crippen molar-refractivity contribution in [3.63, 3.8) is 0 Å². The van der Waals surface area contributed by atoms with Crippen molar-refractivity contribution in [2.45, 2.75) is 0 Å². The van der Waals surface area contributed by atoms with Crippen molar-refractivity contribution in [1.29, 1.82) is 0 Å². The molecule has 0 atom stereocenters. The SMILES string of the molecule is COC(=O)c1ccc(OS(=O)(=O)[O-])cc1. The molecule has 0 aliphatic rings. The molecule has 6 nitrogen and oxygen atoms in total. The van der Waals surface area contributed by atoms with E-state index in [2.05, 4.69) is 8.92 Å². The maximum atomic E-state index is 11.0. The molecule has 1 aromatic carbocycles. The van der Waals surface area contributed by atoms with Gasteiger partial charge in [0.2, 0.25) is 0 Å². The minimum absolute atomic E-state index is 0.155. The third kappa shape index (κ3) is 3.56. The molecule has 0 aromatic heterocycles. The van der Waals surface area contributed by atoms with E-state index in [0.717, 1.165) is 0 Å². The Kier molecular flexibility index (Phi) is 3.28. The second-order valence-corrected chi connectivity index (χ2v) is 3.49. The Morgan fingerprint density at radius 2 is 1.80 bits per heavy atom. The maximum absolute atomic E-state index is 11.0. The molecule has 82 valence electrons. The first-order chi connectivity index (χ1) is 6.92. The average Bonchev–Trinajstić information content (AvgIpc) is 2.15. The monoisotopic (exact) mass is 231 g/mol. The normalized spacial score (nSPS) is 10.8. The summed E-state index contributed by atoms with van der Waals surface area (Å²) in [5.41, 5.74) is 0.230. The Hall–Kier alpha value is -1.60. The largest absolute Gasteiger partial charge is 0.716 e. The van der Waals surface area contributed by atoms with E-state index in [9.17, 15) is 17.8 Å². The summed E-state index contributed by atoms with van der Waals surface area (Å²) < 4.78 is 39.1. The van der Waals surface area contributed by atoms with Crippen LogP contribution in [0.15, 0.2) is 24.3 Å². The lowest BCUT2D eigenvalue weighted by Crippen LogP contribution is -2.07. The number of methoxy groups -OCH3 is 1. The van der Waals surface area contributed by atoms with Crippen molar-refractivity contribution >= 4 is 16.4 Å². The van der Waals surface area contributed by atoms with E-state index in [-0.39, 0.29) is 11.3 Å². The van der Waals surface area contributed by atoms with Crippen LogP contribution in [0, 0.1) is 0 Å². The quantitative estimate of drug-likeness (QED) is 0.422. The maximum Gasteiger partial charge on any atom is 0.337 e. The number of ether oxygens (including phenoxy) is 1. The number of hydrogen-bond acceptors (Lipinski definition) is 6. The number of hydrogen-bond donors (Lipinski definition) is 0. The standard InChI is InChI=1S/C8H8O6S/c1-13-8(9)6-2-4-7(5-3-6)14-15(10,11)12/h2-5H,1H3,(H,10,11,12)/p-1. The summed E-state index contributed by atoms with van der Waals surface area (Å²) in [4.78, 5) is 11.0. The third-order valence-corrected chi connectivity index (χ3v) is 1.87. The number of benzene rings is 1. The summed E-state index contributed by atoms with van der Waals surface area (Å²) in [5, 5.41) is 0. The number of esters is 1. The lowest BCUT2D eigenvalue weighted by Gasteiger charge is -2.08. The number of carbonyl (C=O) groups is 1. The van der Waals surface area contributed by atoms with Crippen LogP contribution in [0.25, 0.3) is 0 Å². The topological polar surface area (TPSA) is 92.7 Å². The Labute approximate surface area is 86.4 Å². The predicted molar refractivity (Wildman–Crippen MR) is 48.1 cm³/mol. The van der Waals surface area contributed by atoms with Crippen molar-refractivity contribution in [2.75, 3.05) is 7.11 Å². The molecule has 0 saturated carbocycles. The minimum Gasteiger partial charge on any atom is -0.716 e. The first kappa shape index (κ1) is 11.5. The number of rotatable bonds is 3. The number of carbonyl (C=O) groups excluding carboxylic acids is 1. The van der Waals surface area contributed by atoms with Gasteiger partial charge in [-0.25, -0.2) is 13.2 Å². The highest BCUT2D eigenvalue weighted by atomic mass is 32.3. The molecule has 1 aromatic rings. The molecule has 0 aliphatic heterocycles. The molecule has 0 radical (unpaired) electrons. The lowest BCUT2D eigenvalue weighted by molar-refractivity contribution is 0.0600. The summed E-state index contributed by atoms with van der Waals surface area (Å²) in [6.07, 6.45) is 0. The van der Waals surface area contributed by atoms with Crippen LogP contribution < -0.4 is 4.18 Å². The van der Waals surface area contributed by atoms with Gasteiger partial charge >= 0.3 is 5.97 Å². The van der Waals surface area contributed by atoms with Crippen molar-refractivity contribution < 1.29 is 26.7 Å². The highest BCUT2D eigenvalue weighted by molar-refractivity contribution is 7.81. The first-order valence-electron chi connectivity index (χ1n) is 3.76. The summed E-state index contributed by atoms with van der Waals surface area (Å²) >= 11 is 0. The fourth-order valence-electron chi connectivity index (χ4n) is 0.882.